The minimum atomic E-state index is 0. The SMILES string of the molecule is Cl.Cn1ccc(NC(=O)C2CC3CCCC(C2)C3N)n1. The van der Waals surface area contributed by atoms with Crippen molar-refractivity contribution in [2.24, 2.45) is 30.5 Å². The molecule has 2 aliphatic carbocycles. The van der Waals surface area contributed by atoms with Crippen molar-refractivity contribution in [2.75, 3.05) is 5.32 Å². The fraction of sp³-hybridized carbons (Fsp3) is 0.714. The zero-order valence-corrected chi connectivity index (χ0v) is 12.6. The molecule has 5 nitrogen and oxygen atoms in total. The Morgan fingerprint density at radius 1 is 1.40 bits per heavy atom. The van der Waals surface area contributed by atoms with Crippen LogP contribution in [0.3, 0.4) is 0 Å². The van der Waals surface area contributed by atoms with Gasteiger partial charge in [-0.15, -0.1) is 12.4 Å². The Kier molecular flexibility index (Phi) is 4.70. The Morgan fingerprint density at radius 2 is 2.05 bits per heavy atom. The van der Waals surface area contributed by atoms with Crippen LogP contribution in [0.15, 0.2) is 12.3 Å². The molecule has 3 N–H and O–H groups in total. The van der Waals surface area contributed by atoms with Gasteiger partial charge in [0.1, 0.15) is 0 Å². The molecule has 1 aromatic heterocycles. The standard InChI is InChI=1S/C14H22N4O.ClH/c1-18-6-5-12(17-18)16-14(19)11-7-9-3-2-4-10(8-11)13(9)15;/h5-6,9-11,13H,2-4,7-8,15H2,1H3,(H,16,17,19);1H. The highest BCUT2D eigenvalue weighted by molar-refractivity contribution is 5.91. The topological polar surface area (TPSA) is 72.9 Å². The van der Waals surface area contributed by atoms with E-state index in [1.54, 1.807) is 4.68 Å². The number of aryl methyl sites for hydroxylation is 1. The molecule has 0 aliphatic heterocycles. The predicted octanol–water partition coefficient (Wildman–Crippen LogP) is 1.93. The summed E-state index contributed by atoms with van der Waals surface area (Å²) in [7, 11) is 1.85. The lowest BCUT2D eigenvalue weighted by molar-refractivity contribution is -0.122. The number of aromatic nitrogens is 2. The van der Waals surface area contributed by atoms with Crippen molar-refractivity contribution < 1.29 is 4.79 Å². The second-order valence-electron chi connectivity index (χ2n) is 6.06. The first-order valence-electron chi connectivity index (χ1n) is 7.19. The second-order valence-corrected chi connectivity index (χ2v) is 6.06. The van der Waals surface area contributed by atoms with Crippen LogP contribution in [0.4, 0.5) is 5.82 Å². The van der Waals surface area contributed by atoms with Crippen LogP contribution in [0.25, 0.3) is 0 Å². The van der Waals surface area contributed by atoms with Gasteiger partial charge in [0.05, 0.1) is 0 Å². The van der Waals surface area contributed by atoms with Gasteiger partial charge >= 0.3 is 0 Å². The van der Waals surface area contributed by atoms with Crippen LogP contribution in [-0.2, 0) is 11.8 Å². The Labute approximate surface area is 125 Å². The Bertz CT molecular complexity index is 461. The highest BCUT2D eigenvalue weighted by atomic mass is 35.5. The van der Waals surface area contributed by atoms with Gasteiger partial charge in [0.2, 0.25) is 5.91 Å². The van der Waals surface area contributed by atoms with Gasteiger partial charge in [-0.05, 0) is 37.5 Å². The number of rotatable bonds is 2. The lowest BCUT2D eigenvalue weighted by Gasteiger charge is -2.43. The quantitative estimate of drug-likeness (QED) is 0.876. The molecule has 2 unspecified atom stereocenters. The number of anilines is 1. The molecular weight excluding hydrogens is 276 g/mol. The third kappa shape index (κ3) is 2.99. The van der Waals surface area contributed by atoms with Crippen LogP contribution in [-0.4, -0.2) is 21.7 Å². The molecule has 1 amide bonds. The van der Waals surface area contributed by atoms with E-state index in [4.69, 9.17) is 5.73 Å². The Morgan fingerprint density at radius 3 is 2.60 bits per heavy atom. The lowest BCUT2D eigenvalue weighted by Crippen LogP contribution is -2.48. The van der Waals surface area contributed by atoms with E-state index in [2.05, 4.69) is 10.4 Å². The third-order valence-corrected chi connectivity index (χ3v) is 4.75. The van der Waals surface area contributed by atoms with E-state index in [1.807, 2.05) is 19.3 Å². The average molecular weight is 299 g/mol. The van der Waals surface area contributed by atoms with E-state index in [-0.39, 0.29) is 24.2 Å². The average Bonchev–Trinajstić information content (AvgIpc) is 2.74. The molecule has 1 aromatic rings. The predicted molar refractivity (Wildman–Crippen MR) is 80.6 cm³/mol. The summed E-state index contributed by atoms with van der Waals surface area (Å²) in [6.45, 7) is 0. The number of hydrogen-bond donors (Lipinski definition) is 2. The van der Waals surface area contributed by atoms with Crippen molar-refractivity contribution in [3.05, 3.63) is 12.3 Å². The van der Waals surface area contributed by atoms with Crippen molar-refractivity contribution in [1.82, 2.24) is 9.78 Å². The number of carbonyl (C=O) groups excluding carboxylic acids is 1. The highest BCUT2D eigenvalue weighted by Crippen LogP contribution is 2.42. The lowest BCUT2D eigenvalue weighted by atomic mass is 9.65. The van der Waals surface area contributed by atoms with Crippen LogP contribution in [0.1, 0.15) is 32.1 Å². The molecule has 1 heterocycles. The van der Waals surface area contributed by atoms with Crippen LogP contribution >= 0.6 is 12.4 Å². The van der Waals surface area contributed by atoms with Crippen molar-refractivity contribution in [2.45, 2.75) is 38.1 Å². The molecule has 0 spiro atoms. The number of nitrogens with two attached hydrogens (primary N) is 1. The van der Waals surface area contributed by atoms with Gasteiger partial charge in [-0.2, -0.15) is 5.10 Å². The highest BCUT2D eigenvalue weighted by Gasteiger charge is 2.40. The molecule has 2 aliphatic rings. The second kappa shape index (κ2) is 6.14. The summed E-state index contributed by atoms with van der Waals surface area (Å²) in [6, 6.07) is 2.14. The maximum absolute atomic E-state index is 12.3. The molecule has 3 rings (SSSR count). The Balaban J connectivity index is 0.00000147. The zero-order valence-electron chi connectivity index (χ0n) is 11.8. The molecule has 2 fully saturated rings. The summed E-state index contributed by atoms with van der Waals surface area (Å²) in [6.07, 6.45) is 7.36. The summed E-state index contributed by atoms with van der Waals surface area (Å²) >= 11 is 0. The van der Waals surface area contributed by atoms with Gasteiger partial charge in [0.25, 0.3) is 0 Å². The van der Waals surface area contributed by atoms with Crippen molar-refractivity contribution in [3.8, 4) is 0 Å². The number of carbonyl (C=O) groups is 1. The monoisotopic (exact) mass is 298 g/mol. The minimum absolute atomic E-state index is 0. The summed E-state index contributed by atoms with van der Waals surface area (Å²) in [5.41, 5.74) is 6.26. The van der Waals surface area contributed by atoms with Gasteiger partial charge in [0.15, 0.2) is 5.82 Å². The van der Waals surface area contributed by atoms with E-state index in [0.717, 1.165) is 12.8 Å². The fourth-order valence-electron chi connectivity index (χ4n) is 3.71. The maximum Gasteiger partial charge on any atom is 0.228 e. The van der Waals surface area contributed by atoms with E-state index in [0.29, 0.717) is 23.7 Å². The summed E-state index contributed by atoms with van der Waals surface area (Å²) in [5, 5.41) is 7.12. The molecule has 0 aromatic carbocycles. The molecule has 112 valence electrons. The van der Waals surface area contributed by atoms with E-state index in [9.17, 15) is 4.79 Å². The normalized spacial score (nSPS) is 32.3. The van der Waals surface area contributed by atoms with Crippen LogP contribution in [0.5, 0.6) is 0 Å². The van der Waals surface area contributed by atoms with Gasteiger partial charge in [-0.1, -0.05) is 6.42 Å². The fourth-order valence-corrected chi connectivity index (χ4v) is 3.71. The number of hydrogen-bond acceptors (Lipinski definition) is 3. The summed E-state index contributed by atoms with van der Waals surface area (Å²) in [5.74, 6) is 1.94. The van der Waals surface area contributed by atoms with E-state index in [1.165, 1.54) is 19.3 Å². The minimum Gasteiger partial charge on any atom is -0.327 e. The van der Waals surface area contributed by atoms with Crippen LogP contribution < -0.4 is 11.1 Å². The van der Waals surface area contributed by atoms with Gasteiger partial charge in [-0.25, -0.2) is 0 Å². The van der Waals surface area contributed by atoms with Crippen molar-refractivity contribution in [1.29, 1.82) is 0 Å². The largest absolute Gasteiger partial charge is 0.327 e. The molecular formula is C14H23ClN4O. The number of nitrogens with zero attached hydrogens (tertiary/aromatic N) is 2. The number of nitrogens with one attached hydrogen (secondary N) is 1. The molecule has 0 radical (unpaired) electrons. The number of amides is 1. The van der Waals surface area contributed by atoms with Gasteiger partial charge < -0.3 is 11.1 Å². The third-order valence-electron chi connectivity index (χ3n) is 4.75. The molecule has 2 bridgehead atoms. The summed E-state index contributed by atoms with van der Waals surface area (Å²) in [4.78, 5) is 12.3. The summed E-state index contributed by atoms with van der Waals surface area (Å²) < 4.78 is 1.70. The first-order chi connectivity index (χ1) is 9.13. The molecule has 6 heteroatoms. The number of halogens is 1. The maximum atomic E-state index is 12.3. The zero-order chi connectivity index (χ0) is 13.4. The van der Waals surface area contributed by atoms with E-state index < -0.39 is 0 Å². The smallest absolute Gasteiger partial charge is 0.228 e. The van der Waals surface area contributed by atoms with Crippen LogP contribution in [0, 0.1) is 17.8 Å². The van der Waals surface area contributed by atoms with Gasteiger partial charge in [0, 0.05) is 31.3 Å². The molecule has 2 atom stereocenters. The first kappa shape index (κ1) is 15.3. The van der Waals surface area contributed by atoms with Gasteiger partial charge in [-0.3, -0.25) is 9.48 Å². The molecule has 20 heavy (non-hydrogen) atoms. The van der Waals surface area contributed by atoms with E-state index >= 15 is 0 Å². The molecule has 0 saturated heterocycles. The molecule has 2 saturated carbocycles. The van der Waals surface area contributed by atoms with Crippen molar-refractivity contribution >= 4 is 24.1 Å². The Hall–Kier alpha value is -1.07. The first-order valence-corrected chi connectivity index (χ1v) is 7.19. The number of fused-ring (bicyclic) bond motifs is 2. The van der Waals surface area contributed by atoms with Crippen molar-refractivity contribution in [3.63, 3.8) is 0 Å². The van der Waals surface area contributed by atoms with Crippen LogP contribution in [0.2, 0.25) is 0 Å².